The monoisotopic (exact) mass is 115 g/mol. The first-order valence-electron chi connectivity index (χ1n) is 2.68. The average molecular weight is 115 g/mol. The Bertz CT molecular complexity index is 113. The first kappa shape index (κ1) is 5.56. The lowest BCUT2D eigenvalue weighted by Gasteiger charge is -2.31. The molecule has 1 rings (SSSR count). The van der Waals surface area contributed by atoms with Gasteiger partial charge < -0.3 is 10.4 Å². The Morgan fingerprint density at radius 1 is 1.88 bits per heavy atom. The van der Waals surface area contributed by atoms with E-state index in [1.165, 1.54) is 0 Å². The molecule has 2 atom stereocenters. The van der Waals surface area contributed by atoms with E-state index >= 15 is 0 Å². The van der Waals surface area contributed by atoms with Crippen LogP contribution in [0.1, 0.15) is 6.92 Å². The van der Waals surface area contributed by atoms with E-state index in [4.69, 9.17) is 5.11 Å². The molecular weight excluding hydrogens is 106 g/mol. The van der Waals surface area contributed by atoms with Crippen LogP contribution in [0.2, 0.25) is 0 Å². The van der Waals surface area contributed by atoms with Crippen molar-refractivity contribution in [2.45, 2.75) is 13.0 Å². The molecule has 3 nitrogen and oxygen atoms in total. The first-order valence-corrected chi connectivity index (χ1v) is 2.68. The standard InChI is InChI=1S/C5H9NO2/c1-3-2-6-4(3)5(7)8/h3-4,6H,2H2,1H3,(H,7,8). The summed E-state index contributed by atoms with van der Waals surface area (Å²) >= 11 is 0. The fourth-order valence-electron chi connectivity index (χ4n) is 0.802. The third-order valence-corrected chi connectivity index (χ3v) is 1.49. The Hall–Kier alpha value is -0.570. The molecule has 1 fully saturated rings. The smallest absolute Gasteiger partial charge is 0.321 e. The second kappa shape index (κ2) is 1.74. The molecular formula is C5H9NO2. The highest BCUT2D eigenvalue weighted by Gasteiger charge is 2.31. The predicted octanol–water partition coefficient (Wildman–Crippen LogP) is -0.321. The Labute approximate surface area is 47.7 Å². The Morgan fingerprint density at radius 3 is 2.50 bits per heavy atom. The topological polar surface area (TPSA) is 49.3 Å². The molecule has 0 saturated carbocycles. The first-order chi connectivity index (χ1) is 3.72. The molecule has 0 aromatic rings. The third-order valence-electron chi connectivity index (χ3n) is 1.49. The summed E-state index contributed by atoms with van der Waals surface area (Å²) in [6, 6.07) is -0.282. The van der Waals surface area contributed by atoms with Gasteiger partial charge in [-0.1, -0.05) is 6.92 Å². The maximum Gasteiger partial charge on any atom is 0.321 e. The van der Waals surface area contributed by atoms with Crippen LogP contribution in [0.4, 0.5) is 0 Å². The molecule has 2 unspecified atom stereocenters. The van der Waals surface area contributed by atoms with Crippen LogP contribution < -0.4 is 5.32 Å². The zero-order chi connectivity index (χ0) is 6.15. The van der Waals surface area contributed by atoms with Crippen molar-refractivity contribution in [2.75, 3.05) is 6.54 Å². The van der Waals surface area contributed by atoms with Gasteiger partial charge in [0.1, 0.15) is 6.04 Å². The van der Waals surface area contributed by atoms with Gasteiger partial charge in [-0.25, -0.2) is 0 Å². The largest absolute Gasteiger partial charge is 0.480 e. The van der Waals surface area contributed by atoms with Crippen molar-refractivity contribution >= 4 is 5.97 Å². The minimum absolute atomic E-state index is 0.282. The van der Waals surface area contributed by atoms with Crippen molar-refractivity contribution in [3.05, 3.63) is 0 Å². The van der Waals surface area contributed by atoms with Gasteiger partial charge in [0.05, 0.1) is 0 Å². The van der Waals surface area contributed by atoms with Crippen molar-refractivity contribution in [3.63, 3.8) is 0 Å². The third kappa shape index (κ3) is 0.690. The lowest BCUT2D eigenvalue weighted by atomic mass is 9.94. The SMILES string of the molecule is CC1CNC1C(=O)O. The highest BCUT2D eigenvalue weighted by atomic mass is 16.4. The van der Waals surface area contributed by atoms with Gasteiger partial charge in [0, 0.05) is 6.54 Å². The molecule has 0 spiro atoms. The maximum atomic E-state index is 10.1. The van der Waals surface area contributed by atoms with E-state index in [0.29, 0.717) is 5.92 Å². The van der Waals surface area contributed by atoms with E-state index < -0.39 is 5.97 Å². The van der Waals surface area contributed by atoms with Crippen molar-refractivity contribution in [1.29, 1.82) is 0 Å². The second-order valence-corrected chi connectivity index (χ2v) is 2.20. The number of aliphatic carboxylic acids is 1. The van der Waals surface area contributed by atoms with Crippen molar-refractivity contribution in [2.24, 2.45) is 5.92 Å². The summed E-state index contributed by atoms with van der Waals surface area (Å²) in [5, 5.41) is 11.1. The van der Waals surface area contributed by atoms with Gasteiger partial charge in [-0.3, -0.25) is 4.79 Å². The molecule has 8 heavy (non-hydrogen) atoms. The van der Waals surface area contributed by atoms with E-state index in [1.54, 1.807) is 0 Å². The van der Waals surface area contributed by atoms with Crippen LogP contribution in [0.25, 0.3) is 0 Å². The quantitative estimate of drug-likeness (QED) is 0.492. The van der Waals surface area contributed by atoms with Crippen LogP contribution in [0.15, 0.2) is 0 Å². The van der Waals surface area contributed by atoms with Gasteiger partial charge in [0.2, 0.25) is 0 Å². The molecule has 0 amide bonds. The number of rotatable bonds is 1. The zero-order valence-corrected chi connectivity index (χ0v) is 4.72. The van der Waals surface area contributed by atoms with Gasteiger partial charge in [-0.2, -0.15) is 0 Å². The fraction of sp³-hybridized carbons (Fsp3) is 0.800. The van der Waals surface area contributed by atoms with Gasteiger partial charge in [-0.05, 0) is 5.92 Å². The van der Waals surface area contributed by atoms with Crippen molar-refractivity contribution in [3.8, 4) is 0 Å². The summed E-state index contributed by atoms with van der Waals surface area (Å²) in [5.74, 6) is -0.420. The minimum atomic E-state index is -0.733. The minimum Gasteiger partial charge on any atom is -0.480 e. The van der Waals surface area contributed by atoms with Crippen LogP contribution in [0.3, 0.4) is 0 Å². The lowest BCUT2D eigenvalue weighted by molar-refractivity contribution is -0.143. The number of hydrogen-bond donors (Lipinski definition) is 2. The Balaban J connectivity index is 2.37. The summed E-state index contributed by atoms with van der Waals surface area (Å²) in [5.41, 5.74) is 0. The summed E-state index contributed by atoms with van der Waals surface area (Å²) in [4.78, 5) is 10.1. The molecule has 3 heteroatoms. The second-order valence-electron chi connectivity index (χ2n) is 2.20. The van der Waals surface area contributed by atoms with Crippen LogP contribution >= 0.6 is 0 Å². The van der Waals surface area contributed by atoms with Gasteiger partial charge in [-0.15, -0.1) is 0 Å². The van der Waals surface area contributed by atoms with Crippen LogP contribution in [-0.4, -0.2) is 23.7 Å². The molecule has 0 aliphatic carbocycles. The normalized spacial score (nSPS) is 36.1. The van der Waals surface area contributed by atoms with E-state index in [-0.39, 0.29) is 6.04 Å². The molecule has 2 N–H and O–H groups in total. The highest BCUT2D eigenvalue weighted by Crippen LogP contribution is 2.10. The zero-order valence-electron chi connectivity index (χ0n) is 4.72. The van der Waals surface area contributed by atoms with E-state index in [9.17, 15) is 4.79 Å². The van der Waals surface area contributed by atoms with E-state index in [2.05, 4.69) is 5.32 Å². The van der Waals surface area contributed by atoms with Crippen LogP contribution in [-0.2, 0) is 4.79 Å². The summed E-state index contributed by atoms with van der Waals surface area (Å²) < 4.78 is 0. The van der Waals surface area contributed by atoms with E-state index in [1.807, 2.05) is 6.92 Å². The molecule has 46 valence electrons. The highest BCUT2D eigenvalue weighted by molar-refractivity contribution is 5.74. The van der Waals surface area contributed by atoms with Gasteiger partial charge in [0.15, 0.2) is 0 Å². The lowest BCUT2D eigenvalue weighted by Crippen LogP contribution is -2.55. The summed E-state index contributed by atoms with van der Waals surface area (Å²) in [6.07, 6.45) is 0. The van der Waals surface area contributed by atoms with Crippen LogP contribution in [0.5, 0.6) is 0 Å². The van der Waals surface area contributed by atoms with Crippen molar-refractivity contribution in [1.82, 2.24) is 5.32 Å². The Kier molecular flexibility index (Phi) is 1.21. The molecule has 1 aliphatic heterocycles. The molecule has 1 saturated heterocycles. The number of nitrogens with one attached hydrogen (secondary N) is 1. The predicted molar refractivity (Wildman–Crippen MR) is 28.6 cm³/mol. The van der Waals surface area contributed by atoms with Gasteiger partial charge in [0.25, 0.3) is 0 Å². The molecule has 0 aromatic carbocycles. The van der Waals surface area contributed by atoms with Crippen LogP contribution in [0, 0.1) is 5.92 Å². The summed E-state index contributed by atoms with van der Waals surface area (Å²) in [7, 11) is 0. The Morgan fingerprint density at radius 2 is 2.50 bits per heavy atom. The van der Waals surface area contributed by atoms with Gasteiger partial charge >= 0.3 is 5.97 Å². The van der Waals surface area contributed by atoms with E-state index in [0.717, 1.165) is 6.54 Å². The maximum absolute atomic E-state index is 10.1. The molecule has 1 aliphatic rings. The molecule has 0 bridgehead atoms. The average Bonchev–Trinajstić information content (AvgIpc) is 1.61. The number of hydrogen-bond acceptors (Lipinski definition) is 2. The molecule has 1 heterocycles. The number of carboxylic acid groups (broad SMARTS) is 1. The number of carboxylic acids is 1. The molecule has 0 aromatic heterocycles. The summed E-state index contributed by atoms with van der Waals surface area (Å²) in [6.45, 7) is 2.77. The fourth-order valence-corrected chi connectivity index (χ4v) is 0.802. The molecule has 0 radical (unpaired) electrons. The number of carbonyl (C=O) groups is 1. The van der Waals surface area contributed by atoms with Crippen molar-refractivity contribution < 1.29 is 9.90 Å².